The van der Waals surface area contributed by atoms with Crippen molar-refractivity contribution in [2.24, 2.45) is 11.8 Å². The number of carbonyl (C=O) groups excluding carboxylic acids is 2. The summed E-state index contributed by atoms with van der Waals surface area (Å²) in [5.74, 6) is 0.913. The van der Waals surface area contributed by atoms with Gasteiger partial charge in [-0.2, -0.15) is 0 Å². The second-order valence-corrected chi connectivity index (χ2v) is 10.8. The molecule has 2 saturated carbocycles. The van der Waals surface area contributed by atoms with Gasteiger partial charge in [-0.1, -0.05) is 72.8 Å². The summed E-state index contributed by atoms with van der Waals surface area (Å²) < 4.78 is 0. The lowest BCUT2D eigenvalue weighted by molar-refractivity contribution is -0.118. The maximum atomic E-state index is 12.8. The van der Waals surface area contributed by atoms with E-state index in [1.165, 1.54) is 11.1 Å². The van der Waals surface area contributed by atoms with Crippen molar-refractivity contribution in [3.05, 3.63) is 119 Å². The molecule has 2 aliphatic carbocycles. The average molecular weight is 501 g/mol. The van der Waals surface area contributed by atoms with E-state index in [4.69, 9.17) is 0 Å². The Kier molecular flexibility index (Phi) is 6.32. The van der Waals surface area contributed by atoms with Gasteiger partial charge < -0.3 is 10.6 Å². The van der Waals surface area contributed by atoms with Gasteiger partial charge in [-0.3, -0.25) is 9.59 Å². The Hall–Kier alpha value is -4.18. The Morgan fingerprint density at radius 2 is 0.974 bits per heavy atom. The summed E-state index contributed by atoms with van der Waals surface area (Å²) in [7, 11) is 0. The molecule has 2 N–H and O–H groups in total. The Morgan fingerprint density at radius 1 is 0.579 bits per heavy atom. The topological polar surface area (TPSA) is 58.2 Å². The van der Waals surface area contributed by atoms with Gasteiger partial charge in [0.05, 0.1) is 0 Å². The number of benzene rings is 4. The van der Waals surface area contributed by atoms with Crippen molar-refractivity contribution in [1.29, 1.82) is 0 Å². The molecule has 0 unspecified atom stereocenters. The third-order valence-electron chi connectivity index (χ3n) is 8.01. The highest BCUT2D eigenvalue weighted by Gasteiger charge is 2.44. The molecule has 38 heavy (non-hydrogen) atoms. The summed E-state index contributed by atoms with van der Waals surface area (Å²) in [6, 6.07) is 32.8. The molecule has 4 atom stereocenters. The molecule has 0 saturated heterocycles. The lowest BCUT2D eigenvalue weighted by atomic mass is 9.99. The van der Waals surface area contributed by atoms with E-state index >= 15 is 0 Å². The molecule has 190 valence electrons. The fourth-order valence-electron chi connectivity index (χ4n) is 5.52. The molecule has 2 fully saturated rings. The van der Waals surface area contributed by atoms with Gasteiger partial charge in [-0.25, -0.2) is 0 Å². The van der Waals surface area contributed by atoms with Crippen LogP contribution in [0.25, 0.3) is 11.1 Å². The molecule has 0 spiro atoms. The van der Waals surface area contributed by atoms with Crippen LogP contribution in [0.15, 0.2) is 97.1 Å². The molecular weight excluding hydrogens is 468 g/mol. The highest BCUT2D eigenvalue weighted by Crippen LogP contribution is 2.49. The summed E-state index contributed by atoms with van der Waals surface area (Å²) in [4.78, 5) is 25.7. The summed E-state index contributed by atoms with van der Waals surface area (Å²) >= 11 is 0. The van der Waals surface area contributed by atoms with Crippen LogP contribution in [-0.4, -0.2) is 11.8 Å². The van der Waals surface area contributed by atoms with Gasteiger partial charge in [-0.15, -0.1) is 0 Å². The van der Waals surface area contributed by atoms with E-state index in [0.717, 1.165) is 46.5 Å². The molecule has 0 heterocycles. The van der Waals surface area contributed by atoms with Crippen LogP contribution in [0, 0.1) is 25.7 Å². The quantitative estimate of drug-likeness (QED) is 0.277. The molecule has 0 aliphatic heterocycles. The normalized spacial score (nSPS) is 21.4. The summed E-state index contributed by atoms with van der Waals surface area (Å²) in [5, 5.41) is 6.28. The van der Waals surface area contributed by atoms with E-state index < -0.39 is 0 Å². The largest absolute Gasteiger partial charge is 0.326 e. The Labute approximate surface area is 224 Å². The van der Waals surface area contributed by atoms with Crippen LogP contribution in [0.2, 0.25) is 0 Å². The SMILES string of the molecule is Cc1cc(-c2ccc(NC(=O)[C@@H]3C[C@H]3c3ccccc3)c(C)c2)ccc1NC(=O)[C@@H]1C[C@@H]1c1ccccc1. The third kappa shape index (κ3) is 4.99. The third-order valence-corrected chi connectivity index (χ3v) is 8.01. The maximum absolute atomic E-state index is 12.8. The number of nitrogens with one attached hydrogen (secondary N) is 2. The highest BCUT2D eigenvalue weighted by molar-refractivity contribution is 5.97. The second-order valence-electron chi connectivity index (χ2n) is 10.8. The molecule has 4 aromatic rings. The van der Waals surface area contributed by atoms with Crippen molar-refractivity contribution >= 4 is 23.2 Å². The molecule has 4 aromatic carbocycles. The number of rotatable bonds is 7. The first-order chi connectivity index (χ1) is 18.5. The van der Waals surface area contributed by atoms with Crippen molar-refractivity contribution in [2.75, 3.05) is 10.6 Å². The molecule has 4 nitrogen and oxygen atoms in total. The zero-order valence-electron chi connectivity index (χ0n) is 21.8. The zero-order valence-corrected chi connectivity index (χ0v) is 21.8. The van der Waals surface area contributed by atoms with Crippen LogP contribution >= 0.6 is 0 Å². The van der Waals surface area contributed by atoms with Crippen LogP contribution in [0.1, 0.15) is 46.9 Å². The van der Waals surface area contributed by atoms with E-state index in [1.807, 2.05) is 74.5 Å². The predicted octanol–water partition coefficient (Wildman–Crippen LogP) is 7.45. The first-order valence-corrected chi connectivity index (χ1v) is 13.4. The summed E-state index contributed by atoms with van der Waals surface area (Å²) in [5.41, 5.74) is 8.42. The van der Waals surface area contributed by atoms with E-state index in [1.54, 1.807) is 0 Å². The number of hydrogen-bond donors (Lipinski definition) is 2. The summed E-state index contributed by atoms with van der Waals surface area (Å²) in [6.45, 7) is 4.06. The monoisotopic (exact) mass is 500 g/mol. The lowest BCUT2D eigenvalue weighted by Gasteiger charge is -2.13. The minimum atomic E-state index is 0.0421. The lowest BCUT2D eigenvalue weighted by Crippen LogP contribution is -2.15. The number of aryl methyl sites for hydroxylation is 2. The maximum Gasteiger partial charge on any atom is 0.228 e. The number of hydrogen-bond acceptors (Lipinski definition) is 2. The van der Waals surface area contributed by atoms with Crippen LogP contribution < -0.4 is 10.6 Å². The molecular formula is C34H32N2O2. The first-order valence-electron chi connectivity index (χ1n) is 13.4. The van der Waals surface area contributed by atoms with E-state index in [9.17, 15) is 9.59 Å². The van der Waals surface area contributed by atoms with Gasteiger partial charge in [0.15, 0.2) is 0 Å². The Balaban J connectivity index is 1.08. The minimum absolute atomic E-state index is 0.0421. The standard InChI is InChI=1S/C34H32N2O2/c1-21-17-25(13-15-31(21)35-33(37)29-19-27(29)23-9-5-3-6-10-23)26-14-16-32(22(2)18-26)36-34(38)30-20-28(30)24-11-7-4-8-12-24/h3-18,27-30H,19-20H2,1-2H3,(H,35,37)(H,36,38)/t27-,28+,29-,30-/m1/s1. The van der Waals surface area contributed by atoms with E-state index in [-0.39, 0.29) is 23.7 Å². The van der Waals surface area contributed by atoms with Crippen molar-refractivity contribution in [3.8, 4) is 11.1 Å². The Morgan fingerprint density at radius 3 is 1.34 bits per heavy atom. The first kappa shape index (κ1) is 24.2. The van der Waals surface area contributed by atoms with Crippen LogP contribution in [0.5, 0.6) is 0 Å². The van der Waals surface area contributed by atoms with Crippen molar-refractivity contribution in [1.82, 2.24) is 0 Å². The number of amides is 2. The molecule has 6 rings (SSSR count). The molecule has 0 aromatic heterocycles. The molecule has 0 radical (unpaired) electrons. The van der Waals surface area contributed by atoms with E-state index in [0.29, 0.717) is 11.8 Å². The number of anilines is 2. The van der Waals surface area contributed by atoms with Gasteiger partial charge >= 0.3 is 0 Å². The van der Waals surface area contributed by atoms with Crippen LogP contribution in [0.4, 0.5) is 11.4 Å². The van der Waals surface area contributed by atoms with Crippen molar-refractivity contribution in [3.63, 3.8) is 0 Å². The van der Waals surface area contributed by atoms with Crippen molar-refractivity contribution < 1.29 is 9.59 Å². The average Bonchev–Trinajstić information content (AvgIpc) is 3.86. The van der Waals surface area contributed by atoms with Gasteiger partial charge in [0.1, 0.15) is 0 Å². The Bertz CT molecular complexity index is 1380. The highest BCUT2D eigenvalue weighted by atomic mass is 16.2. The van der Waals surface area contributed by atoms with Gasteiger partial charge in [0.25, 0.3) is 0 Å². The van der Waals surface area contributed by atoms with Gasteiger partial charge in [-0.05, 0) is 96.2 Å². The predicted molar refractivity (Wildman–Crippen MR) is 153 cm³/mol. The zero-order chi connectivity index (χ0) is 26.2. The fraction of sp³-hybridized carbons (Fsp3) is 0.235. The number of carbonyl (C=O) groups is 2. The van der Waals surface area contributed by atoms with Crippen molar-refractivity contribution in [2.45, 2.75) is 38.5 Å². The molecule has 2 aliphatic rings. The molecule has 4 heteroatoms. The smallest absolute Gasteiger partial charge is 0.228 e. The molecule has 0 bridgehead atoms. The van der Waals surface area contributed by atoms with E-state index in [2.05, 4.69) is 47.0 Å². The second kappa shape index (κ2) is 9.94. The summed E-state index contributed by atoms with van der Waals surface area (Å²) in [6.07, 6.45) is 1.81. The van der Waals surface area contributed by atoms with Crippen LogP contribution in [-0.2, 0) is 9.59 Å². The minimum Gasteiger partial charge on any atom is -0.326 e. The van der Waals surface area contributed by atoms with Gasteiger partial charge in [0, 0.05) is 23.2 Å². The fourth-order valence-corrected chi connectivity index (χ4v) is 5.52. The van der Waals surface area contributed by atoms with Crippen LogP contribution in [0.3, 0.4) is 0 Å². The van der Waals surface area contributed by atoms with Gasteiger partial charge in [0.2, 0.25) is 11.8 Å². The molecule has 2 amide bonds.